The van der Waals surface area contributed by atoms with E-state index in [2.05, 4.69) is 42.1 Å². The minimum absolute atomic E-state index is 0.107. The number of H-pyrrole nitrogens is 1. The van der Waals surface area contributed by atoms with Gasteiger partial charge >= 0.3 is 0 Å². The maximum absolute atomic E-state index is 12.5. The second-order valence-corrected chi connectivity index (χ2v) is 6.35. The largest absolute Gasteiger partial charge is 0.384 e. The number of amides is 1. The number of nitrogens with one attached hydrogen (secondary N) is 1. The summed E-state index contributed by atoms with van der Waals surface area (Å²) in [5, 5.41) is 2.25. The van der Waals surface area contributed by atoms with E-state index < -0.39 is 0 Å². The zero-order valence-corrected chi connectivity index (χ0v) is 14.1. The van der Waals surface area contributed by atoms with Crippen molar-refractivity contribution in [2.45, 2.75) is 32.7 Å². The van der Waals surface area contributed by atoms with Crippen molar-refractivity contribution in [3.63, 3.8) is 0 Å². The fourth-order valence-corrected chi connectivity index (χ4v) is 3.28. The van der Waals surface area contributed by atoms with Crippen molar-refractivity contribution in [2.75, 3.05) is 24.5 Å². The van der Waals surface area contributed by atoms with Gasteiger partial charge in [-0.05, 0) is 25.5 Å². The van der Waals surface area contributed by atoms with Crippen molar-refractivity contribution in [1.82, 2.24) is 10.1 Å². The molecule has 1 amide bonds. The quantitative estimate of drug-likeness (QED) is 0.931. The van der Waals surface area contributed by atoms with Gasteiger partial charge in [-0.15, -0.1) is 0 Å². The molecule has 0 spiro atoms. The lowest BCUT2D eigenvalue weighted by Gasteiger charge is -2.41. The molecule has 1 aromatic heterocycles. The third-order valence-corrected chi connectivity index (χ3v) is 4.56. The topological polar surface area (TPSA) is 69.6 Å². The molecule has 0 unspecified atom stereocenters. The van der Waals surface area contributed by atoms with E-state index in [0.29, 0.717) is 25.1 Å². The van der Waals surface area contributed by atoms with Crippen LogP contribution < -0.4 is 10.5 Å². The van der Waals surface area contributed by atoms with Gasteiger partial charge in [-0.2, -0.15) is 5.16 Å². The first-order valence-electron chi connectivity index (χ1n) is 8.32. The second-order valence-electron chi connectivity index (χ2n) is 6.35. The summed E-state index contributed by atoms with van der Waals surface area (Å²) in [6, 6.07) is 9.89. The van der Waals surface area contributed by atoms with Gasteiger partial charge in [-0.1, -0.05) is 18.2 Å². The summed E-state index contributed by atoms with van der Waals surface area (Å²) in [5.41, 5.74) is 2.23. The number of aromatic amines is 1. The third-order valence-electron chi connectivity index (χ3n) is 4.56. The zero-order valence-electron chi connectivity index (χ0n) is 14.1. The van der Waals surface area contributed by atoms with Crippen LogP contribution in [0.25, 0.3) is 0 Å². The average molecular weight is 329 g/mol. The Morgan fingerprint density at radius 3 is 2.79 bits per heavy atom. The summed E-state index contributed by atoms with van der Waals surface area (Å²) < 4.78 is 5.00. The van der Waals surface area contributed by atoms with Crippen LogP contribution >= 0.6 is 0 Å². The van der Waals surface area contributed by atoms with E-state index in [9.17, 15) is 9.59 Å². The number of rotatable bonds is 4. The lowest BCUT2D eigenvalue weighted by Crippen LogP contribution is -2.54. The van der Waals surface area contributed by atoms with Crippen LogP contribution in [0.2, 0.25) is 0 Å². The highest BCUT2D eigenvalue weighted by atomic mass is 16.5. The molecule has 128 valence electrons. The van der Waals surface area contributed by atoms with Crippen molar-refractivity contribution in [1.29, 1.82) is 0 Å². The molecule has 0 saturated carbocycles. The van der Waals surface area contributed by atoms with Crippen LogP contribution in [0.5, 0.6) is 0 Å². The highest BCUT2D eigenvalue weighted by Crippen LogP contribution is 2.23. The number of benzene rings is 1. The molecule has 1 N–H and O–H groups in total. The molecule has 1 fully saturated rings. The Hall–Kier alpha value is -2.50. The maximum atomic E-state index is 12.5. The van der Waals surface area contributed by atoms with Crippen molar-refractivity contribution in [3.05, 3.63) is 52.0 Å². The fourth-order valence-electron chi connectivity index (χ4n) is 3.28. The van der Waals surface area contributed by atoms with Crippen molar-refractivity contribution < 1.29 is 9.32 Å². The van der Waals surface area contributed by atoms with E-state index in [-0.39, 0.29) is 17.5 Å². The van der Waals surface area contributed by atoms with Crippen LogP contribution in [0.4, 0.5) is 5.69 Å². The number of hydrogen-bond donors (Lipinski definition) is 1. The minimum atomic E-state index is -0.266. The van der Waals surface area contributed by atoms with Gasteiger partial charge in [-0.3, -0.25) is 9.59 Å². The molecule has 1 atom stereocenters. The van der Waals surface area contributed by atoms with Gasteiger partial charge in [0.1, 0.15) is 5.76 Å². The van der Waals surface area contributed by atoms with Gasteiger partial charge in [0, 0.05) is 50.3 Å². The first kappa shape index (κ1) is 16.4. The highest BCUT2D eigenvalue weighted by molar-refractivity contribution is 5.77. The van der Waals surface area contributed by atoms with E-state index in [0.717, 1.165) is 13.1 Å². The molecule has 6 nitrogen and oxygen atoms in total. The molecule has 1 aliphatic rings. The molecule has 0 radical (unpaired) electrons. The average Bonchev–Trinajstić information content (AvgIpc) is 2.98. The minimum Gasteiger partial charge on any atom is -0.384 e. The van der Waals surface area contributed by atoms with Crippen LogP contribution in [-0.4, -0.2) is 41.6 Å². The summed E-state index contributed by atoms with van der Waals surface area (Å²) in [7, 11) is 0. The predicted molar refractivity (Wildman–Crippen MR) is 92.2 cm³/mol. The molecular weight excluding hydrogens is 306 g/mol. The maximum Gasteiger partial charge on any atom is 0.280 e. The van der Waals surface area contributed by atoms with E-state index in [4.69, 9.17) is 4.52 Å². The number of aromatic nitrogens is 1. The number of aryl methyl sites for hydroxylation is 2. The Morgan fingerprint density at radius 1 is 1.33 bits per heavy atom. The molecule has 1 aliphatic heterocycles. The molecule has 0 bridgehead atoms. The number of nitrogens with zero attached hydrogens (tertiary/aromatic N) is 2. The summed E-state index contributed by atoms with van der Waals surface area (Å²) in [6.45, 7) is 6.57. The normalized spacial score (nSPS) is 18.0. The van der Waals surface area contributed by atoms with Gasteiger partial charge in [0.2, 0.25) is 5.91 Å². The number of para-hydroxylation sites is 1. The van der Waals surface area contributed by atoms with Crippen LogP contribution in [0.3, 0.4) is 0 Å². The summed E-state index contributed by atoms with van der Waals surface area (Å²) >= 11 is 0. The lowest BCUT2D eigenvalue weighted by molar-refractivity contribution is -0.133. The lowest BCUT2D eigenvalue weighted by atomic mass is 10.1. The number of piperazine rings is 1. The van der Waals surface area contributed by atoms with Gasteiger partial charge in [-0.25, -0.2) is 0 Å². The number of carbonyl (C=O) groups excluding carboxylic acids is 1. The second kappa shape index (κ2) is 6.95. The van der Waals surface area contributed by atoms with Gasteiger partial charge in [0.15, 0.2) is 0 Å². The SMILES string of the molecule is Cc1ccccc1N1CCN(C(=O)CCc2cc(=O)[nH]o2)[C@@H](C)C1. The Balaban J connectivity index is 1.58. The van der Waals surface area contributed by atoms with Crippen LogP contribution in [0.1, 0.15) is 24.7 Å². The van der Waals surface area contributed by atoms with Gasteiger partial charge in [0.25, 0.3) is 5.56 Å². The number of anilines is 1. The van der Waals surface area contributed by atoms with E-state index in [1.807, 2.05) is 11.0 Å². The Labute approximate surface area is 141 Å². The van der Waals surface area contributed by atoms with E-state index in [1.54, 1.807) is 0 Å². The smallest absolute Gasteiger partial charge is 0.280 e. The van der Waals surface area contributed by atoms with Gasteiger partial charge in [0.05, 0.1) is 0 Å². The van der Waals surface area contributed by atoms with Gasteiger partial charge < -0.3 is 14.3 Å². The summed E-state index contributed by atoms with van der Waals surface area (Å²) in [4.78, 5) is 27.8. The standard InChI is InChI=1S/C18H23N3O3/c1-13-5-3-4-6-16(13)20-9-10-21(14(2)12-20)18(23)8-7-15-11-17(22)19-24-15/h3-6,11,14H,7-10,12H2,1-2H3,(H,19,22)/t14-/m0/s1. The Morgan fingerprint density at radius 2 is 2.12 bits per heavy atom. The first-order valence-corrected chi connectivity index (χ1v) is 8.32. The molecule has 2 aromatic rings. The van der Waals surface area contributed by atoms with Crippen LogP contribution in [0.15, 0.2) is 39.6 Å². The Bertz CT molecular complexity index is 765. The van der Waals surface area contributed by atoms with Crippen molar-refractivity contribution in [2.24, 2.45) is 0 Å². The van der Waals surface area contributed by atoms with E-state index >= 15 is 0 Å². The zero-order chi connectivity index (χ0) is 17.1. The predicted octanol–water partition coefficient (Wildman–Crippen LogP) is 1.95. The van der Waals surface area contributed by atoms with Crippen molar-refractivity contribution >= 4 is 11.6 Å². The van der Waals surface area contributed by atoms with Crippen LogP contribution in [-0.2, 0) is 11.2 Å². The molecule has 1 aromatic carbocycles. The summed E-state index contributed by atoms with van der Waals surface area (Å²) in [6.07, 6.45) is 0.803. The molecule has 3 rings (SSSR count). The van der Waals surface area contributed by atoms with E-state index in [1.165, 1.54) is 17.3 Å². The number of carbonyl (C=O) groups is 1. The van der Waals surface area contributed by atoms with Crippen LogP contribution in [0, 0.1) is 6.92 Å². The fraction of sp³-hybridized carbons (Fsp3) is 0.444. The number of hydrogen-bond acceptors (Lipinski definition) is 4. The molecule has 2 heterocycles. The van der Waals surface area contributed by atoms with Crippen molar-refractivity contribution in [3.8, 4) is 0 Å². The Kier molecular flexibility index (Phi) is 4.74. The third kappa shape index (κ3) is 3.53. The molecular formula is C18H23N3O3. The molecule has 0 aliphatic carbocycles. The monoisotopic (exact) mass is 329 g/mol. The first-order chi connectivity index (χ1) is 11.5. The molecule has 6 heteroatoms. The summed E-state index contributed by atoms with van der Waals surface area (Å²) in [5.74, 6) is 0.635. The molecule has 24 heavy (non-hydrogen) atoms. The highest BCUT2D eigenvalue weighted by Gasteiger charge is 2.27. The molecule has 1 saturated heterocycles.